The predicted octanol–water partition coefficient (Wildman–Crippen LogP) is 2.23. The third kappa shape index (κ3) is 2.90. The smallest absolute Gasteiger partial charge is 0.437 e. The van der Waals surface area contributed by atoms with Gasteiger partial charge < -0.3 is 10.8 Å². The second-order valence-electron chi connectivity index (χ2n) is 4.13. The van der Waals surface area contributed by atoms with Gasteiger partial charge in [0.05, 0.1) is 17.8 Å². The van der Waals surface area contributed by atoms with Gasteiger partial charge in [-0.25, -0.2) is 4.79 Å². The van der Waals surface area contributed by atoms with E-state index in [0.29, 0.717) is 5.56 Å². The Hall–Kier alpha value is -2.51. The van der Waals surface area contributed by atoms with Crippen LogP contribution in [0, 0.1) is 0 Å². The van der Waals surface area contributed by atoms with Crippen LogP contribution in [0.15, 0.2) is 30.5 Å². The van der Waals surface area contributed by atoms with Gasteiger partial charge in [0.2, 0.25) is 0 Å². The maximum Gasteiger partial charge on any atom is 0.437 e. The molecule has 0 radical (unpaired) electrons. The lowest BCUT2D eigenvalue weighted by atomic mass is 10.1. The van der Waals surface area contributed by atoms with E-state index in [0.717, 1.165) is 10.9 Å². The van der Waals surface area contributed by atoms with Crippen molar-refractivity contribution in [2.45, 2.75) is 12.7 Å². The maximum absolute atomic E-state index is 12.5. The first-order chi connectivity index (χ1) is 9.27. The fourth-order valence-electron chi connectivity index (χ4n) is 1.68. The molecule has 0 amide bonds. The van der Waals surface area contributed by atoms with Crippen LogP contribution in [0.25, 0.3) is 0 Å². The number of rotatable bonds is 3. The van der Waals surface area contributed by atoms with E-state index in [1.54, 1.807) is 0 Å². The van der Waals surface area contributed by atoms with Crippen LogP contribution >= 0.6 is 0 Å². The van der Waals surface area contributed by atoms with Crippen molar-refractivity contribution in [3.63, 3.8) is 0 Å². The first-order valence-corrected chi connectivity index (χ1v) is 5.49. The highest BCUT2D eigenvalue weighted by molar-refractivity contribution is 5.87. The number of halogens is 3. The van der Waals surface area contributed by atoms with Crippen molar-refractivity contribution in [1.82, 2.24) is 9.78 Å². The number of aromatic carboxylic acids is 1. The van der Waals surface area contributed by atoms with Crippen molar-refractivity contribution < 1.29 is 23.1 Å². The molecular formula is C12H10F3N3O2. The Morgan fingerprint density at radius 2 is 1.90 bits per heavy atom. The highest BCUT2D eigenvalue weighted by Gasteiger charge is 2.36. The van der Waals surface area contributed by atoms with E-state index in [1.165, 1.54) is 24.3 Å². The SMILES string of the molecule is Nc1cn(Cc2ccc(C(=O)O)cc2)nc1C(F)(F)F. The Labute approximate surface area is 111 Å². The Morgan fingerprint density at radius 1 is 1.30 bits per heavy atom. The minimum absolute atomic E-state index is 0.0696. The summed E-state index contributed by atoms with van der Waals surface area (Å²) in [6, 6.07) is 5.76. The molecule has 2 aromatic rings. The molecule has 1 aromatic heterocycles. The Morgan fingerprint density at radius 3 is 2.35 bits per heavy atom. The summed E-state index contributed by atoms with van der Waals surface area (Å²) in [5, 5.41) is 12.1. The molecule has 8 heteroatoms. The molecule has 0 atom stereocenters. The first kappa shape index (κ1) is 13.9. The quantitative estimate of drug-likeness (QED) is 0.906. The number of benzene rings is 1. The Kier molecular flexibility index (Phi) is 3.39. The van der Waals surface area contributed by atoms with Crippen molar-refractivity contribution in [3.8, 4) is 0 Å². The molecule has 0 aliphatic heterocycles. The van der Waals surface area contributed by atoms with E-state index in [9.17, 15) is 18.0 Å². The van der Waals surface area contributed by atoms with Crippen LogP contribution in [0.5, 0.6) is 0 Å². The van der Waals surface area contributed by atoms with Gasteiger partial charge in [0.25, 0.3) is 0 Å². The van der Waals surface area contributed by atoms with E-state index in [4.69, 9.17) is 10.8 Å². The molecule has 106 valence electrons. The average molecular weight is 285 g/mol. The van der Waals surface area contributed by atoms with Gasteiger partial charge in [-0.3, -0.25) is 4.68 Å². The summed E-state index contributed by atoms with van der Waals surface area (Å²) in [4.78, 5) is 10.7. The van der Waals surface area contributed by atoms with Gasteiger partial charge in [0, 0.05) is 6.20 Å². The average Bonchev–Trinajstić information content (AvgIpc) is 2.70. The number of aromatic nitrogens is 2. The normalized spacial score (nSPS) is 11.6. The van der Waals surface area contributed by atoms with Crippen LogP contribution in [-0.2, 0) is 12.7 Å². The fraction of sp³-hybridized carbons (Fsp3) is 0.167. The van der Waals surface area contributed by atoms with E-state index in [-0.39, 0.29) is 12.1 Å². The second-order valence-corrected chi connectivity index (χ2v) is 4.13. The number of carbonyl (C=O) groups is 1. The fourth-order valence-corrected chi connectivity index (χ4v) is 1.68. The molecule has 0 saturated heterocycles. The molecule has 5 nitrogen and oxygen atoms in total. The molecule has 0 bridgehead atoms. The van der Waals surface area contributed by atoms with Gasteiger partial charge in [0.1, 0.15) is 0 Å². The Bertz CT molecular complexity index is 632. The van der Waals surface area contributed by atoms with Gasteiger partial charge >= 0.3 is 12.1 Å². The number of carboxylic acid groups (broad SMARTS) is 1. The topological polar surface area (TPSA) is 81.1 Å². The van der Waals surface area contributed by atoms with Gasteiger partial charge in [0.15, 0.2) is 5.69 Å². The standard InChI is InChI=1S/C12H10F3N3O2/c13-12(14,15)10-9(16)6-18(17-10)5-7-1-3-8(4-2-7)11(19)20/h1-4,6H,5,16H2,(H,19,20). The lowest BCUT2D eigenvalue weighted by molar-refractivity contribution is -0.140. The summed E-state index contributed by atoms with van der Waals surface area (Å²) in [5.74, 6) is -1.07. The summed E-state index contributed by atoms with van der Waals surface area (Å²) in [6.07, 6.45) is -3.50. The van der Waals surface area contributed by atoms with Crippen molar-refractivity contribution in [2.24, 2.45) is 0 Å². The molecular weight excluding hydrogens is 275 g/mol. The third-order valence-corrected chi connectivity index (χ3v) is 2.60. The number of hydrogen-bond donors (Lipinski definition) is 2. The molecule has 3 N–H and O–H groups in total. The number of nitrogen functional groups attached to an aromatic ring is 1. The number of nitrogens with two attached hydrogens (primary N) is 1. The highest BCUT2D eigenvalue weighted by Crippen LogP contribution is 2.31. The van der Waals surface area contributed by atoms with Gasteiger partial charge in [-0.1, -0.05) is 12.1 Å². The van der Waals surface area contributed by atoms with Crippen LogP contribution < -0.4 is 5.73 Å². The molecule has 0 unspecified atom stereocenters. The van der Waals surface area contributed by atoms with Crippen LogP contribution in [0.1, 0.15) is 21.6 Å². The van der Waals surface area contributed by atoms with Crippen molar-refractivity contribution in [2.75, 3.05) is 5.73 Å². The van der Waals surface area contributed by atoms with Crippen LogP contribution in [0.2, 0.25) is 0 Å². The van der Waals surface area contributed by atoms with Crippen LogP contribution in [-0.4, -0.2) is 20.9 Å². The largest absolute Gasteiger partial charge is 0.478 e. The van der Waals surface area contributed by atoms with Crippen molar-refractivity contribution in [3.05, 3.63) is 47.3 Å². The molecule has 1 aromatic carbocycles. The highest BCUT2D eigenvalue weighted by atomic mass is 19.4. The third-order valence-electron chi connectivity index (χ3n) is 2.60. The lowest BCUT2D eigenvalue weighted by Crippen LogP contribution is -2.10. The summed E-state index contributed by atoms with van der Waals surface area (Å²) in [6.45, 7) is 0.0696. The molecule has 1 heterocycles. The molecule has 0 aliphatic carbocycles. The van der Waals surface area contributed by atoms with Gasteiger partial charge in [-0.2, -0.15) is 18.3 Å². The van der Waals surface area contributed by atoms with E-state index < -0.39 is 23.5 Å². The molecule has 0 saturated carbocycles. The summed E-state index contributed by atoms with van der Waals surface area (Å²) in [5.41, 5.74) is 4.41. The van der Waals surface area contributed by atoms with Gasteiger partial charge in [-0.05, 0) is 17.7 Å². The zero-order valence-corrected chi connectivity index (χ0v) is 10.1. The molecule has 0 aliphatic rings. The van der Waals surface area contributed by atoms with E-state index in [1.807, 2.05) is 0 Å². The summed E-state index contributed by atoms with van der Waals surface area (Å²) >= 11 is 0. The lowest BCUT2D eigenvalue weighted by Gasteiger charge is -2.04. The number of anilines is 1. The van der Waals surface area contributed by atoms with Crippen molar-refractivity contribution >= 4 is 11.7 Å². The van der Waals surface area contributed by atoms with Gasteiger partial charge in [-0.15, -0.1) is 0 Å². The maximum atomic E-state index is 12.5. The van der Waals surface area contributed by atoms with Crippen LogP contribution in [0.4, 0.5) is 18.9 Å². The van der Waals surface area contributed by atoms with E-state index in [2.05, 4.69) is 5.10 Å². The number of alkyl halides is 3. The number of hydrogen-bond acceptors (Lipinski definition) is 3. The molecule has 20 heavy (non-hydrogen) atoms. The zero-order valence-electron chi connectivity index (χ0n) is 10.1. The minimum Gasteiger partial charge on any atom is -0.478 e. The van der Waals surface area contributed by atoms with E-state index >= 15 is 0 Å². The molecule has 2 rings (SSSR count). The minimum atomic E-state index is -4.59. The number of nitrogens with zero attached hydrogens (tertiary/aromatic N) is 2. The number of carboxylic acids is 1. The summed E-state index contributed by atoms with van der Waals surface area (Å²) in [7, 11) is 0. The monoisotopic (exact) mass is 285 g/mol. The zero-order chi connectivity index (χ0) is 14.9. The van der Waals surface area contributed by atoms with Crippen molar-refractivity contribution in [1.29, 1.82) is 0 Å². The molecule has 0 spiro atoms. The predicted molar refractivity (Wildman–Crippen MR) is 64.1 cm³/mol. The Balaban J connectivity index is 2.20. The summed E-state index contributed by atoms with van der Waals surface area (Å²) < 4.78 is 38.6. The molecule has 0 fully saturated rings. The van der Waals surface area contributed by atoms with Crippen LogP contribution in [0.3, 0.4) is 0 Å². The second kappa shape index (κ2) is 4.87. The first-order valence-electron chi connectivity index (χ1n) is 5.49.